The van der Waals surface area contributed by atoms with Gasteiger partial charge in [-0.25, -0.2) is 18.4 Å². The van der Waals surface area contributed by atoms with Gasteiger partial charge in [0, 0.05) is 19.1 Å². The van der Waals surface area contributed by atoms with E-state index in [0.717, 1.165) is 33.4 Å². The Morgan fingerprint density at radius 1 is 0.623 bits per heavy atom. The number of alkyl carbamates (subject to hydrolysis) is 2. The first-order valence-electron chi connectivity index (χ1n) is 17.4. The summed E-state index contributed by atoms with van der Waals surface area (Å²) in [6.07, 6.45) is -0.309. The van der Waals surface area contributed by atoms with Crippen LogP contribution in [-0.2, 0) is 32.9 Å². The summed E-state index contributed by atoms with van der Waals surface area (Å²) >= 11 is 0. The molecule has 0 radical (unpaired) electrons. The summed E-state index contributed by atoms with van der Waals surface area (Å²) in [5.41, 5.74) is 4.35. The van der Waals surface area contributed by atoms with Gasteiger partial charge in [0.05, 0.1) is 5.41 Å². The van der Waals surface area contributed by atoms with Gasteiger partial charge in [-0.2, -0.15) is 0 Å². The van der Waals surface area contributed by atoms with Crippen molar-refractivity contribution in [3.8, 4) is 22.3 Å². The topological polar surface area (TPSA) is 106 Å². The molecule has 1 atom stereocenters. The fraction of sp³-hybridized carbons (Fsp3) is 0.233. The highest BCUT2D eigenvalue weighted by molar-refractivity contribution is 5.89. The molecule has 0 fully saturated rings. The standard InChI is InChI=1S/C43H43F2N3O5/c1-43(2,36-25-34(32-15-19-37(44)20-16-32)24-35(26-36)33-17-21-38(45)22-18-33)40(49)47-27-39(48-42(51)53-29-31-12-7-4-8-13-31)14-9-23-46-41(50)52-28-30-10-5-3-6-11-30/h3-8,10-13,15-22,24-26,39H,9,14,23,27-29H2,1-2H3,(H,46,50)(H,47,49)(H,48,51)/t39-/m0/s1. The number of ether oxygens (including phenoxy) is 2. The van der Waals surface area contributed by atoms with Crippen molar-refractivity contribution in [2.45, 2.75) is 51.4 Å². The Balaban J connectivity index is 1.26. The number of hydrogen-bond acceptors (Lipinski definition) is 5. The van der Waals surface area contributed by atoms with Gasteiger partial charge in [-0.15, -0.1) is 0 Å². The van der Waals surface area contributed by atoms with E-state index in [2.05, 4.69) is 16.0 Å². The van der Waals surface area contributed by atoms with Gasteiger partial charge in [-0.05, 0) is 96.0 Å². The van der Waals surface area contributed by atoms with E-state index in [1.807, 2.05) is 78.9 Å². The Bertz CT molecular complexity index is 1890. The number of benzene rings is 5. The first-order valence-corrected chi connectivity index (χ1v) is 17.4. The molecule has 5 aromatic carbocycles. The lowest BCUT2D eigenvalue weighted by atomic mass is 9.80. The van der Waals surface area contributed by atoms with Crippen LogP contribution in [0, 0.1) is 11.6 Å². The molecule has 0 bridgehead atoms. The van der Waals surface area contributed by atoms with E-state index in [1.54, 1.807) is 38.1 Å². The Hall–Kier alpha value is -6.03. The van der Waals surface area contributed by atoms with E-state index in [0.29, 0.717) is 18.4 Å². The van der Waals surface area contributed by atoms with Crippen LogP contribution in [0.4, 0.5) is 18.4 Å². The highest BCUT2D eigenvalue weighted by atomic mass is 19.1. The molecule has 5 aromatic rings. The fourth-order valence-corrected chi connectivity index (χ4v) is 5.64. The minimum Gasteiger partial charge on any atom is -0.445 e. The van der Waals surface area contributed by atoms with Gasteiger partial charge in [0.2, 0.25) is 5.91 Å². The maximum Gasteiger partial charge on any atom is 0.407 e. The van der Waals surface area contributed by atoms with Crippen LogP contribution in [0.5, 0.6) is 0 Å². The molecule has 0 aromatic heterocycles. The minimum atomic E-state index is -1.06. The van der Waals surface area contributed by atoms with Crippen LogP contribution < -0.4 is 16.0 Å². The zero-order valence-electron chi connectivity index (χ0n) is 29.7. The van der Waals surface area contributed by atoms with Crippen LogP contribution in [0.1, 0.15) is 43.4 Å². The number of carbonyl (C=O) groups is 3. The van der Waals surface area contributed by atoms with E-state index < -0.39 is 23.6 Å². The Labute approximate surface area is 308 Å². The number of halogens is 2. The molecule has 5 rings (SSSR count). The molecular formula is C43H43F2N3O5. The number of nitrogens with one attached hydrogen (secondary N) is 3. The van der Waals surface area contributed by atoms with E-state index in [4.69, 9.17) is 9.47 Å². The lowest BCUT2D eigenvalue weighted by Crippen LogP contribution is -2.48. The second kappa shape index (κ2) is 18.5. The molecular weight excluding hydrogens is 676 g/mol. The van der Waals surface area contributed by atoms with Crippen molar-refractivity contribution in [2.75, 3.05) is 13.1 Å². The predicted octanol–water partition coefficient (Wildman–Crippen LogP) is 8.69. The van der Waals surface area contributed by atoms with Gasteiger partial charge in [0.15, 0.2) is 0 Å². The van der Waals surface area contributed by atoms with Crippen molar-refractivity contribution in [1.82, 2.24) is 16.0 Å². The highest BCUT2D eigenvalue weighted by Gasteiger charge is 2.31. The van der Waals surface area contributed by atoms with Crippen LogP contribution in [-0.4, -0.2) is 37.2 Å². The second-order valence-electron chi connectivity index (χ2n) is 13.2. The fourth-order valence-electron chi connectivity index (χ4n) is 5.64. The summed E-state index contributed by atoms with van der Waals surface area (Å²) in [5.74, 6) is -1.03. The Morgan fingerprint density at radius 3 is 1.62 bits per heavy atom. The van der Waals surface area contributed by atoms with Crippen molar-refractivity contribution >= 4 is 18.1 Å². The number of carbonyl (C=O) groups excluding carboxylic acids is 3. The van der Waals surface area contributed by atoms with Gasteiger partial charge in [-0.3, -0.25) is 4.79 Å². The first kappa shape index (κ1) is 38.2. The van der Waals surface area contributed by atoms with Crippen LogP contribution in [0.25, 0.3) is 22.3 Å². The SMILES string of the molecule is CC(C)(C(=O)NC[C@H](CCCNC(=O)OCc1ccccc1)NC(=O)OCc1ccccc1)c1cc(-c2ccc(F)cc2)cc(-c2ccc(F)cc2)c1. The van der Waals surface area contributed by atoms with Crippen LogP contribution >= 0.6 is 0 Å². The third-order valence-electron chi connectivity index (χ3n) is 8.83. The average molecular weight is 720 g/mol. The van der Waals surface area contributed by atoms with Crippen LogP contribution in [0.3, 0.4) is 0 Å². The zero-order chi connectivity index (χ0) is 37.6. The van der Waals surface area contributed by atoms with Crippen molar-refractivity contribution < 1.29 is 32.6 Å². The molecule has 10 heteroatoms. The normalized spacial score (nSPS) is 11.6. The molecule has 0 aliphatic carbocycles. The van der Waals surface area contributed by atoms with Crippen molar-refractivity contribution in [1.29, 1.82) is 0 Å². The van der Waals surface area contributed by atoms with Crippen LogP contribution in [0.2, 0.25) is 0 Å². The Morgan fingerprint density at radius 2 is 1.11 bits per heavy atom. The van der Waals surface area contributed by atoms with E-state index >= 15 is 0 Å². The smallest absolute Gasteiger partial charge is 0.407 e. The summed E-state index contributed by atoms with van der Waals surface area (Å²) in [7, 11) is 0. The van der Waals surface area contributed by atoms with Gasteiger partial charge < -0.3 is 25.4 Å². The third-order valence-corrected chi connectivity index (χ3v) is 8.83. The van der Waals surface area contributed by atoms with Gasteiger partial charge in [0.25, 0.3) is 0 Å². The molecule has 0 heterocycles. The largest absolute Gasteiger partial charge is 0.445 e. The summed E-state index contributed by atoms with van der Waals surface area (Å²) in [6, 6.07) is 36.0. The maximum absolute atomic E-state index is 13.9. The molecule has 274 valence electrons. The van der Waals surface area contributed by atoms with Gasteiger partial charge in [0.1, 0.15) is 24.8 Å². The summed E-state index contributed by atoms with van der Waals surface area (Å²) in [6.45, 7) is 4.18. The number of amides is 3. The van der Waals surface area contributed by atoms with Gasteiger partial charge in [-0.1, -0.05) is 97.1 Å². The molecule has 0 saturated carbocycles. The second-order valence-corrected chi connectivity index (χ2v) is 13.2. The minimum absolute atomic E-state index is 0.0778. The molecule has 0 unspecified atom stereocenters. The van der Waals surface area contributed by atoms with Crippen molar-refractivity contribution in [3.05, 3.63) is 156 Å². The summed E-state index contributed by atoms with van der Waals surface area (Å²) in [4.78, 5) is 39.1. The number of hydrogen-bond donors (Lipinski definition) is 3. The van der Waals surface area contributed by atoms with Crippen molar-refractivity contribution in [3.63, 3.8) is 0 Å². The van der Waals surface area contributed by atoms with E-state index in [9.17, 15) is 23.2 Å². The van der Waals surface area contributed by atoms with E-state index in [1.165, 1.54) is 24.3 Å². The van der Waals surface area contributed by atoms with Crippen molar-refractivity contribution in [2.24, 2.45) is 0 Å². The quantitative estimate of drug-likeness (QED) is 0.0940. The monoisotopic (exact) mass is 719 g/mol. The average Bonchev–Trinajstić information content (AvgIpc) is 3.17. The lowest BCUT2D eigenvalue weighted by Gasteiger charge is -2.27. The summed E-state index contributed by atoms with van der Waals surface area (Å²) < 4.78 is 38.3. The molecule has 0 saturated heterocycles. The van der Waals surface area contributed by atoms with Gasteiger partial charge >= 0.3 is 12.2 Å². The maximum atomic E-state index is 13.9. The molecule has 0 aliphatic heterocycles. The van der Waals surface area contributed by atoms with Crippen LogP contribution in [0.15, 0.2) is 127 Å². The predicted molar refractivity (Wildman–Crippen MR) is 201 cm³/mol. The molecule has 0 aliphatic rings. The zero-order valence-corrected chi connectivity index (χ0v) is 29.7. The molecule has 3 amide bonds. The first-order chi connectivity index (χ1) is 25.6. The number of rotatable bonds is 15. The van der Waals surface area contributed by atoms with E-state index in [-0.39, 0.29) is 43.8 Å². The molecule has 8 nitrogen and oxygen atoms in total. The summed E-state index contributed by atoms with van der Waals surface area (Å²) in [5, 5.41) is 8.59. The Kier molecular flexibility index (Phi) is 13.3. The molecule has 0 spiro atoms. The molecule has 3 N–H and O–H groups in total. The molecule has 53 heavy (non-hydrogen) atoms. The highest BCUT2D eigenvalue weighted by Crippen LogP contribution is 2.34. The lowest BCUT2D eigenvalue weighted by molar-refractivity contribution is -0.125. The third kappa shape index (κ3) is 11.5.